The minimum Gasteiger partial charge on any atom is -0.326 e. The van der Waals surface area contributed by atoms with Crippen LogP contribution in [0.15, 0.2) is 29.3 Å². The fourth-order valence-corrected chi connectivity index (χ4v) is 2.83. The predicted molar refractivity (Wildman–Crippen MR) is 73.3 cm³/mol. The van der Waals surface area contributed by atoms with Crippen molar-refractivity contribution in [2.24, 2.45) is 12.8 Å². The summed E-state index contributed by atoms with van der Waals surface area (Å²) in [5, 5.41) is 3.71. The van der Waals surface area contributed by atoms with Gasteiger partial charge in [0.15, 0.2) is 5.82 Å². The van der Waals surface area contributed by atoms with E-state index in [2.05, 4.69) is 9.82 Å². The Bertz CT molecular complexity index is 745. The van der Waals surface area contributed by atoms with E-state index in [-0.39, 0.29) is 27.8 Å². The van der Waals surface area contributed by atoms with Crippen molar-refractivity contribution >= 4 is 27.4 Å². The number of nitrogens with two attached hydrogens (primary N) is 1. The Kier molecular flexibility index (Phi) is 3.98. The molecule has 0 fully saturated rings. The Labute approximate surface area is 120 Å². The Balaban J connectivity index is 2.41. The summed E-state index contributed by atoms with van der Waals surface area (Å²) < 4.78 is 41.5. The number of hydrogen-bond acceptors (Lipinski definition) is 4. The lowest BCUT2D eigenvalue weighted by Crippen LogP contribution is -2.15. The first-order valence-corrected chi connectivity index (χ1v) is 7.40. The van der Waals surface area contributed by atoms with E-state index in [4.69, 9.17) is 17.3 Å². The molecule has 0 amide bonds. The van der Waals surface area contributed by atoms with Gasteiger partial charge in [0.2, 0.25) is 0 Å². The van der Waals surface area contributed by atoms with Crippen LogP contribution in [0.5, 0.6) is 0 Å². The molecule has 3 N–H and O–H groups in total. The van der Waals surface area contributed by atoms with Crippen molar-refractivity contribution in [2.45, 2.75) is 11.4 Å². The molecule has 0 saturated heterocycles. The van der Waals surface area contributed by atoms with E-state index in [1.54, 1.807) is 13.2 Å². The average molecular weight is 319 g/mol. The molecule has 2 aromatic rings. The number of nitrogens with zero attached hydrogens (tertiary/aromatic N) is 2. The number of aryl methyl sites for hydroxylation is 1. The minimum atomic E-state index is -3.95. The molecule has 1 aromatic carbocycles. The Morgan fingerprint density at radius 2 is 2.20 bits per heavy atom. The van der Waals surface area contributed by atoms with Gasteiger partial charge in [-0.05, 0) is 17.7 Å². The summed E-state index contributed by atoms with van der Waals surface area (Å²) in [6.45, 7) is -0.0668. The molecule has 0 atom stereocenters. The van der Waals surface area contributed by atoms with Gasteiger partial charge < -0.3 is 5.73 Å². The quantitative estimate of drug-likeness (QED) is 0.893. The van der Waals surface area contributed by atoms with E-state index >= 15 is 0 Å². The van der Waals surface area contributed by atoms with Gasteiger partial charge in [-0.1, -0.05) is 11.6 Å². The zero-order chi connectivity index (χ0) is 14.9. The van der Waals surface area contributed by atoms with Crippen LogP contribution in [0.3, 0.4) is 0 Å². The van der Waals surface area contributed by atoms with Gasteiger partial charge >= 0.3 is 0 Å². The van der Waals surface area contributed by atoms with Crippen LogP contribution in [0.2, 0.25) is 5.02 Å². The van der Waals surface area contributed by atoms with Crippen molar-refractivity contribution in [1.82, 2.24) is 9.78 Å². The Morgan fingerprint density at radius 1 is 1.50 bits per heavy atom. The minimum absolute atomic E-state index is 0.0668. The third-order valence-corrected chi connectivity index (χ3v) is 4.32. The Morgan fingerprint density at radius 3 is 2.75 bits per heavy atom. The molecule has 1 heterocycles. The van der Waals surface area contributed by atoms with Crippen molar-refractivity contribution in [2.75, 3.05) is 4.72 Å². The summed E-state index contributed by atoms with van der Waals surface area (Å²) >= 11 is 5.69. The van der Waals surface area contributed by atoms with Crippen LogP contribution in [0.4, 0.5) is 10.2 Å². The van der Waals surface area contributed by atoms with Crippen LogP contribution in [0.1, 0.15) is 5.56 Å². The molecule has 0 aliphatic carbocycles. The zero-order valence-corrected chi connectivity index (χ0v) is 12.0. The van der Waals surface area contributed by atoms with Crippen molar-refractivity contribution in [3.05, 3.63) is 40.8 Å². The second-order valence-electron chi connectivity index (χ2n) is 4.06. The van der Waals surface area contributed by atoms with Crippen molar-refractivity contribution in [3.63, 3.8) is 0 Å². The van der Waals surface area contributed by atoms with Crippen molar-refractivity contribution < 1.29 is 12.8 Å². The van der Waals surface area contributed by atoms with Crippen LogP contribution in [-0.4, -0.2) is 18.2 Å². The predicted octanol–water partition coefficient (Wildman–Crippen LogP) is 1.47. The maximum atomic E-state index is 13.6. The topological polar surface area (TPSA) is 90.0 Å². The number of aromatic nitrogens is 2. The van der Waals surface area contributed by atoms with Gasteiger partial charge in [-0.25, -0.2) is 12.8 Å². The first kappa shape index (κ1) is 14.8. The van der Waals surface area contributed by atoms with E-state index < -0.39 is 15.8 Å². The van der Waals surface area contributed by atoms with Gasteiger partial charge in [0, 0.05) is 25.9 Å². The molecule has 0 aliphatic heterocycles. The second-order valence-corrected chi connectivity index (χ2v) is 6.12. The summed E-state index contributed by atoms with van der Waals surface area (Å²) in [4.78, 5) is -0.259. The average Bonchev–Trinajstić information content (AvgIpc) is 2.77. The van der Waals surface area contributed by atoms with Gasteiger partial charge in [-0.15, -0.1) is 0 Å². The fraction of sp³-hybridized carbons (Fsp3) is 0.182. The van der Waals surface area contributed by atoms with E-state index in [0.717, 1.165) is 6.07 Å². The van der Waals surface area contributed by atoms with Gasteiger partial charge in [0.05, 0.1) is 9.92 Å². The molecule has 1 aromatic heterocycles. The maximum Gasteiger partial charge on any atom is 0.263 e. The second kappa shape index (κ2) is 5.39. The van der Waals surface area contributed by atoms with Crippen LogP contribution >= 0.6 is 11.6 Å². The number of halogens is 2. The molecular weight excluding hydrogens is 307 g/mol. The van der Waals surface area contributed by atoms with E-state index in [0.29, 0.717) is 0 Å². The third-order valence-electron chi connectivity index (χ3n) is 2.56. The first-order valence-electron chi connectivity index (χ1n) is 5.54. The molecule has 6 nitrogen and oxygen atoms in total. The Hall–Kier alpha value is -1.64. The number of benzene rings is 1. The van der Waals surface area contributed by atoms with E-state index in [9.17, 15) is 12.8 Å². The summed E-state index contributed by atoms with van der Waals surface area (Å²) in [7, 11) is -2.31. The summed E-state index contributed by atoms with van der Waals surface area (Å²) in [5.41, 5.74) is 5.62. The zero-order valence-electron chi connectivity index (χ0n) is 10.5. The van der Waals surface area contributed by atoms with Crippen LogP contribution in [0, 0.1) is 5.82 Å². The summed E-state index contributed by atoms with van der Waals surface area (Å²) in [6, 6.07) is 3.55. The van der Waals surface area contributed by atoms with Gasteiger partial charge in [0.1, 0.15) is 5.82 Å². The maximum absolute atomic E-state index is 13.6. The summed E-state index contributed by atoms with van der Waals surface area (Å²) in [6.07, 6.45) is 1.58. The third kappa shape index (κ3) is 2.92. The molecule has 9 heteroatoms. The van der Waals surface area contributed by atoms with Gasteiger partial charge in [0.25, 0.3) is 10.0 Å². The number of anilines is 1. The van der Waals surface area contributed by atoms with Gasteiger partial charge in [-0.3, -0.25) is 9.40 Å². The normalized spacial score (nSPS) is 11.6. The standard InChI is InChI=1S/C11H12ClFN4O2S/c1-17-3-2-10(15-17)16-20(18,19)8-4-7(6-14)11(12)9(13)5-8/h2-5H,6,14H2,1H3,(H,15,16). The molecule has 0 aliphatic rings. The first-order chi connectivity index (χ1) is 9.33. The van der Waals surface area contributed by atoms with Crippen LogP contribution in [-0.2, 0) is 23.6 Å². The van der Waals surface area contributed by atoms with E-state index in [1.807, 2.05) is 0 Å². The number of sulfonamides is 1. The highest BCUT2D eigenvalue weighted by Gasteiger charge is 2.19. The summed E-state index contributed by atoms with van der Waals surface area (Å²) in [5.74, 6) is -0.701. The smallest absolute Gasteiger partial charge is 0.263 e. The molecule has 0 bridgehead atoms. The molecule has 0 saturated carbocycles. The molecule has 20 heavy (non-hydrogen) atoms. The molecule has 0 unspecified atom stereocenters. The molecule has 108 valence electrons. The fourth-order valence-electron chi connectivity index (χ4n) is 1.59. The van der Waals surface area contributed by atoms with Crippen molar-refractivity contribution in [1.29, 1.82) is 0 Å². The monoisotopic (exact) mass is 318 g/mol. The lowest BCUT2D eigenvalue weighted by molar-refractivity contribution is 0.594. The SMILES string of the molecule is Cn1ccc(NS(=O)(=O)c2cc(F)c(Cl)c(CN)c2)n1. The van der Waals surface area contributed by atoms with Crippen LogP contribution in [0.25, 0.3) is 0 Å². The highest BCUT2D eigenvalue weighted by Crippen LogP contribution is 2.25. The lowest BCUT2D eigenvalue weighted by Gasteiger charge is -2.09. The number of rotatable bonds is 4. The number of hydrogen-bond donors (Lipinski definition) is 2. The molecular formula is C11H12ClFN4O2S. The largest absolute Gasteiger partial charge is 0.326 e. The van der Waals surface area contributed by atoms with Gasteiger partial charge in [-0.2, -0.15) is 5.10 Å². The van der Waals surface area contributed by atoms with Crippen LogP contribution < -0.4 is 10.5 Å². The highest BCUT2D eigenvalue weighted by molar-refractivity contribution is 7.92. The highest BCUT2D eigenvalue weighted by atomic mass is 35.5. The van der Waals surface area contributed by atoms with E-state index in [1.165, 1.54) is 16.8 Å². The molecule has 0 radical (unpaired) electrons. The lowest BCUT2D eigenvalue weighted by atomic mass is 10.2. The number of nitrogens with one attached hydrogen (secondary N) is 1. The molecule has 2 rings (SSSR count). The van der Waals surface area contributed by atoms with Crippen molar-refractivity contribution in [3.8, 4) is 0 Å². The molecule has 0 spiro atoms.